The average molecular weight is 210 g/mol. The standard InChI is InChI=1S/C12H27BN2/c1-3-6-14-8-10-15(11-9-14)7-4-5-12(2)13/h12H,3-11,13H2,1-2H3. The van der Waals surface area contributed by atoms with Crippen LogP contribution in [0.5, 0.6) is 0 Å². The van der Waals surface area contributed by atoms with E-state index in [1.807, 2.05) is 0 Å². The Balaban J connectivity index is 2.04. The molecule has 0 aliphatic carbocycles. The molecule has 0 spiro atoms. The molecule has 1 unspecified atom stereocenters. The summed E-state index contributed by atoms with van der Waals surface area (Å²) < 4.78 is 0. The normalized spacial score (nSPS) is 21.7. The van der Waals surface area contributed by atoms with Gasteiger partial charge in [0.25, 0.3) is 0 Å². The number of hydrogen-bond acceptors (Lipinski definition) is 2. The van der Waals surface area contributed by atoms with E-state index in [4.69, 9.17) is 0 Å². The SMILES string of the molecule is BC(C)CCCN1CCN(CCC)CC1. The molecule has 0 radical (unpaired) electrons. The minimum Gasteiger partial charge on any atom is -0.301 e. The lowest BCUT2D eigenvalue weighted by Crippen LogP contribution is -2.46. The first-order chi connectivity index (χ1) is 7.22. The second-order valence-corrected chi connectivity index (χ2v) is 5.22. The third-order valence-corrected chi connectivity index (χ3v) is 3.26. The molecule has 0 aromatic rings. The van der Waals surface area contributed by atoms with Gasteiger partial charge in [0, 0.05) is 26.2 Å². The van der Waals surface area contributed by atoms with Crippen molar-refractivity contribution in [1.82, 2.24) is 9.80 Å². The number of nitrogens with zero attached hydrogens (tertiary/aromatic N) is 2. The van der Waals surface area contributed by atoms with Gasteiger partial charge in [-0.1, -0.05) is 26.1 Å². The Morgan fingerprint density at radius 3 is 2.07 bits per heavy atom. The van der Waals surface area contributed by atoms with Gasteiger partial charge in [-0.25, -0.2) is 0 Å². The Morgan fingerprint density at radius 2 is 1.60 bits per heavy atom. The molecule has 1 rings (SSSR count). The smallest absolute Gasteiger partial charge is 0.105 e. The van der Waals surface area contributed by atoms with Crippen LogP contribution in [0.4, 0.5) is 0 Å². The fraction of sp³-hybridized carbons (Fsp3) is 1.00. The van der Waals surface area contributed by atoms with Gasteiger partial charge in [-0.15, -0.1) is 0 Å². The second kappa shape index (κ2) is 7.29. The molecule has 1 aliphatic rings. The molecular formula is C12H27BN2. The topological polar surface area (TPSA) is 6.48 Å². The van der Waals surface area contributed by atoms with Crippen LogP contribution < -0.4 is 0 Å². The maximum absolute atomic E-state index is 2.63. The summed E-state index contributed by atoms with van der Waals surface area (Å²) in [5, 5.41) is 0. The van der Waals surface area contributed by atoms with Crippen molar-refractivity contribution >= 4 is 7.85 Å². The van der Waals surface area contributed by atoms with E-state index >= 15 is 0 Å². The first kappa shape index (κ1) is 13.1. The molecule has 0 aromatic heterocycles. The van der Waals surface area contributed by atoms with Crippen LogP contribution in [0.25, 0.3) is 0 Å². The quantitative estimate of drug-likeness (QED) is 0.608. The second-order valence-electron chi connectivity index (χ2n) is 5.22. The molecule has 1 aliphatic heterocycles. The highest BCUT2D eigenvalue weighted by Gasteiger charge is 2.15. The van der Waals surface area contributed by atoms with Crippen LogP contribution >= 0.6 is 0 Å². The van der Waals surface area contributed by atoms with Crippen molar-refractivity contribution < 1.29 is 0 Å². The van der Waals surface area contributed by atoms with E-state index < -0.39 is 0 Å². The van der Waals surface area contributed by atoms with Crippen LogP contribution in [-0.4, -0.2) is 56.9 Å². The fourth-order valence-electron chi connectivity index (χ4n) is 2.28. The van der Waals surface area contributed by atoms with E-state index in [0.717, 1.165) is 5.82 Å². The van der Waals surface area contributed by atoms with Crippen molar-refractivity contribution in [2.75, 3.05) is 39.3 Å². The molecule has 0 amide bonds. The molecular weight excluding hydrogens is 183 g/mol. The van der Waals surface area contributed by atoms with Gasteiger partial charge >= 0.3 is 0 Å². The minimum atomic E-state index is 0.867. The zero-order chi connectivity index (χ0) is 11.1. The summed E-state index contributed by atoms with van der Waals surface area (Å²) >= 11 is 0. The van der Waals surface area contributed by atoms with Gasteiger partial charge in [-0.2, -0.15) is 0 Å². The van der Waals surface area contributed by atoms with Crippen LogP contribution in [0.3, 0.4) is 0 Å². The molecule has 1 saturated heterocycles. The van der Waals surface area contributed by atoms with E-state index in [1.54, 1.807) is 0 Å². The summed E-state index contributed by atoms with van der Waals surface area (Å²) in [6.07, 6.45) is 4.06. The zero-order valence-electron chi connectivity index (χ0n) is 10.8. The van der Waals surface area contributed by atoms with Gasteiger partial charge in [-0.3, -0.25) is 0 Å². The van der Waals surface area contributed by atoms with E-state index in [1.165, 1.54) is 58.5 Å². The Morgan fingerprint density at radius 1 is 1.07 bits per heavy atom. The van der Waals surface area contributed by atoms with Crippen molar-refractivity contribution in [2.45, 2.75) is 38.9 Å². The molecule has 0 aromatic carbocycles. The van der Waals surface area contributed by atoms with Gasteiger partial charge in [0.1, 0.15) is 7.85 Å². The summed E-state index contributed by atoms with van der Waals surface area (Å²) in [6, 6.07) is 0. The van der Waals surface area contributed by atoms with Gasteiger partial charge in [0.05, 0.1) is 0 Å². The molecule has 2 nitrogen and oxygen atoms in total. The van der Waals surface area contributed by atoms with Crippen molar-refractivity contribution in [2.24, 2.45) is 0 Å². The maximum atomic E-state index is 2.63. The first-order valence-corrected chi connectivity index (χ1v) is 6.67. The Hall–Kier alpha value is -0.0151. The summed E-state index contributed by atoms with van der Waals surface area (Å²) in [4.78, 5) is 5.23. The van der Waals surface area contributed by atoms with Crippen molar-refractivity contribution in [3.05, 3.63) is 0 Å². The lowest BCUT2D eigenvalue weighted by molar-refractivity contribution is 0.131. The van der Waals surface area contributed by atoms with Crippen LogP contribution in [0.2, 0.25) is 5.82 Å². The van der Waals surface area contributed by atoms with Crippen molar-refractivity contribution in [3.63, 3.8) is 0 Å². The third kappa shape index (κ3) is 5.57. The third-order valence-electron chi connectivity index (χ3n) is 3.26. The lowest BCUT2D eigenvalue weighted by atomic mass is 9.85. The van der Waals surface area contributed by atoms with Gasteiger partial charge < -0.3 is 9.80 Å². The summed E-state index contributed by atoms with van der Waals surface area (Å²) in [7, 11) is 2.32. The van der Waals surface area contributed by atoms with Crippen LogP contribution in [-0.2, 0) is 0 Å². The average Bonchev–Trinajstić information content (AvgIpc) is 2.20. The molecule has 3 heteroatoms. The van der Waals surface area contributed by atoms with Crippen molar-refractivity contribution in [1.29, 1.82) is 0 Å². The van der Waals surface area contributed by atoms with E-state index in [-0.39, 0.29) is 0 Å². The molecule has 1 atom stereocenters. The molecule has 0 N–H and O–H groups in total. The lowest BCUT2D eigenvalue weighted by Gasteiger charge is -2.34. The highest BCUT2D eigenvalue weighted by Crippen LogP contribution is 2.09. The molecule has 88 valence electrons. The zero-order valence-corrected chi connectivity index (χ0v) is 10.8. The molecule has 0 bridgehead atoms. The van der Waals surface area contributed by atoms with Gasteiger partial charge in [0.15, 0.2) is 0 Å². The number of rotatable bonds is 6. The molecule has 0 saturated carbocycles. The van der Waals surface area contributed by atoms with Crippen LogP contribution in [0.1, 0.15) is 33.1 Å². The van der Waals surface area contributed by atoms with E-state index in [0.29, 0.717) is 0 Å². The van der Waals surface area contributed by atoms with E-state index in [2.05, 4.69) is 31.5 Å². The predicted molar refractivity (Wildman–Crippen MR) is 70.4 cm³/mol. The molecule has 15 heavy (non-hydrogen) atoms. The van der Waals surface area contributed by atoms with Gasteiger partial charge in [0.2, 0.25) is 0 Å². The first-order valence-electron chi connectivity index (χ1n) is 6.67. The summed E-state index contributed by atoms with van der Waals surface area (Å²) in [5.74, 6) is 0.867. The largest absolute Gasteiger partial charge is 0.301 e. The Labute approximate surface area is 96.4 Å². The molecule has 1 heterocycles. The van der Waals surface area contributed by atoms with Gasteiger partial charge in [-0.05, 0) is 25.9 Å². The number of hydrogen-bond donors (Lipinski definition) is 0. The highest BCUT2D eigenvalue weighted by atomic mass is 15.3. The van der Waals surface area contributed by atoms with Crippen LogP contribution in [0.15, 0.2) is 0 Å². The Bertz CT molecular complexity index is 154. The highest BCUT2D eigenvalue weighted by molar-refractivity contribution is 6.11. The predicted octanol–water partition coefficient (Wildman–Crippen LogP) is 1.24. The van der Waals surface area contributed by atoms with Crippen molar-refractivity contribution in [3.8, 4) is 0 Å². The molecule has 1 fully saturated rings. The monoisotopic (exact) mass is 210 g/mol. The van der Waals surface area contributed by atoms with E-state index in [9.17, 15) is 0 Å². The minimum absolute atomic E-state index is 0.867. The Kier molecular flexibility index (Phi) is 6.34. The number of piperazine rings is 1. The fourth-order valence-corrected chi connectivity index (χ4v) is 2.28. The van der Waals surface area contributed by atoms with Crippen LogP contribution in [0, 0.1) is 0 Å². The summed E-state index contributed by atoms with van der Waals surface area (Å²) in [5.41, 5.74) is 0. The maximum Gasteiger partial charge on any atom is 0.105 e. The summed E-state index contributed by atoms with van der Waals surface area (Å²) in [6.45, 7) is 12.4.